The topological polar surface area (TPSA) is 59.2 Å². The molecular weight excluding hydrogens is 290 g/mol. The van der Waals surface area contributed by atoms with Crippen molar-refractivity contribution >= 4 is 5.91 Å². The Morgan fingerprint density at radius 3 is 2.35 bits per heavy atom. The van der Waals surface area contributed by atoms with E-state index in [0.717, 1.165) is 24.3 Å². The zero-order valence-electron chi connectivity index (χ0n) is 14.3. The first-order valence-corrected chi connectivity index (χ1v) is 9.04. The molecule has 5 nitrogen and oxygen atoms in total. The minimum Gasteiger partial charge on any atom is -0.345 e. The SMILES string of the molecule is Cc1noc(CCC(=O)N(C)CC23CC4CC(CC(C4)C2)C3)n1. The lowest BCUT2D eigenvalue weighted by Crippen LogP contribution is -2.51. The van der Waals surface area contributed by atoms with E-state index in [0.29, 0.717) is 30.0 Å². The van der Waals surface area contributed by atoms with Crippen molar-refractivity contribution in [3.63, 3.8) is 0 Å². The van der Waals surface area contributed by atoms with Crippen molar-refractivity contribution in [3.8, 4) is 0 Å². The first-order valence-electron chi connectivity index (χ1n) is 9.04. The quantitative estimate of drug-likeness (QED) is 0.837. The van der Waals surface area contributed by atoms with Crippen LogP contribution >= 0.6 is 0 Å². The smallest absolute Gasteiger partial charge is 0.227 e. The van der Waals surface area contributed by atoms with Crippen LogP contribution in [0.2, 0.25) is 0 Å². The van der Waals surface area contributed by atoms with Gasteiger partial charge in [0.05, 0.1) is 0 Å². The van der Waals surface area contributed by atoms with Crippen LogP contribution in [-0.2, 0) is 11.2 Å². The summed E-state index contributed by atoms with van der Waals surface area (Å²) in [4.78, 5) is 18.6. The second-order valence-electron chi connectivity index (χ2n) is 8.40. The van der Waals surface area contributed by atoms with Gasteiger partial charge in [0.15, 0.2) is 5.82 Å². The molecule has 4 saturated carbocycles. The van der Waals surface area contributed by atoms with Crippen LogP contribution in [0.1, 0.15) is 56.7 Å². The molecule has 4 aliphatic rings. The summed E-state index contributed by atoms with van der Waals surface area (Å²) in [7, 11) is 1.97. The number of aryl methyl sites for hydroxylation is 2. The van der Waals surface area contributed by atoms with Crippen molar-refractivity contribution < 1.29 is 9.32 Å². The van der Waals surface area contributed by atoms with Gasteiger partial charge < -0.3 is 9.42 Å². The zero-order chi connectivity index (χ0) is 16.0. The molecule has 4 aliphatic carbocycles. The lowest BCUT2D eigenvalue weighted by Gasteiger charge is -2.57. The first-order chi connectivity index (χ1) is 11.0. The number of carbonyl (C=O) groups is 1. The number of amides is 1. The maximum absolute atomic E-state index is 12.5. The summed E-state index contributed by atoms with van der Waals surface area (Å²) in [5.74, 6) is 4.22. The Hall–Kier alpha value is -1.39. The Kier molecular flexibility index (Phi) is 3.69. The van der Waals surface area contributed by atoms with E-state index in [2.05, 4.69) is 10.1 Å². The van der Waals surface area contributed by atoms with Gasteiger partial charge in [-0.3, -0.25) is 4.79 Å². The Labute approximate surface area is 137 Å². The highest BCUT2D eigenvalue weighted by molar-refractivity contribution is 5.76. The summed E-state index contributed by atoms with van der Waals surface area (Å²) >= 11 is 0. The molecule has 5 heteroatoms. The Morgan fingerprint density at radius 2 is 1.83 bits per heavy atom. The highest BCUT2D eigenvalue weighted by Gasteiger charge is 2.51. The summed E-state index contributed by atoms with van der Waals surface area (Å²) in [5, 5.41) is 3.78. The second-order valence-corrected chi connectivity index (χ2v) is 8.40. The van der Waals surface area contributed by atoms with Crippen molar-refractivity contribution in [2.24, 2.45) is 23.2 Å². The fourth-order valence-corrected chi connectivity index (χ4v) is 5.92. The molecule has 1 aromatic heterocycles. The van der Waals surface area contributed by atoms with Crippen molar-refractivity contribution in [1.29, 1.82) is 0 Å². The summed E-state index contributed by atoms with van der Waals surface area (Å²) in [6.45, 7) is 2.74. The Morgan fingerprint density at radius 1 is 1.22 bits per heavy atom. The van der Waals surface area contributed by atoms with Crippen LogP contribution in [0, 0.1) is 30.1 Å². The van der Waals surface area contributed by atoms with Crippen LogP contribution in [-0.4, -0.2) is 34.5 Å². The minimum atomic E-state index is 0.205. The van der Waals surface area contributed by atoms with Crippen molar-refractivity contribution in [3.05, 3.63) is 11.7 Å². The van der Waals surface area contributed by atoms with E-state index in [1.807, 2.05) is 11.9 Å². The first kappa shape index (κ1) is 15.2. The largest absolute Gasteiger partial charge is 0.345 e. The van der Waals surface area contributed by atoms with Gasteiger partial charge in [-0.05, 0) is 68.6 Å². The van der Waals surface area contributed by atoms with Gasteiger partial charge in [0.1, 0.15) is 0 Å². The number of carbonyl (C=O) groups excluding carboxylic acids is 1. The second kappa shape index (κ2) is 5.60. The molecule has 4 fully saturated rings. The fraction of sp³-hybridized carbons (Fsp3) is 0.833. The number of hydrogen-bond donors (Lipinski definition) is 0. The van der Waals surface area contributed by atoms with E-state index < -0.39 is 0 Å². The van der Waals surface area contributed by atoms with Gasteiger partial charge in [-0.25, -0.2) is 0 Å². The molecule has 0 aliphatic heterocycles. The normalized spacial score (nSPS) is 34.8. The van der Waals surface area contributed by atoms with Crippen LogP contribution in [0.4, 0.5) is 0 Å². The molecule has 0 aromatic carbocycles. The summed E-state index contributed by atoms with van der Waals surface area (Å²) in [6, 6.07) is 0. The maximum atomic E-state index is 12.5. The van der Waals surface area contributed by atoms with Crippen molar-refractivity contribution in [2.75, 3.05) is 13.6 Å². The van der Waals surface area contributed by atoms with E-state index in [1.165, 1.54) is 38.5 Å². The monoisotopic (exact) mass is 317 g/mol. The molecule has 23 heavy (non-hydrogen) atoms. The van der Waals surface area contributed by atoms with Gasteiger partial charge in [-0.1, -0.05) is 5.16 Å². The molecule has 0 spiro atoms. The molecule has 0 N–H and O–H groups in total. The molecule has 0 unspecified atom stereocenters. The average molecular weight is 317 g/mol. The summed E-state index contributed by atoms with van der Waals surface area (Å²) in [6.07, 6.45) is 9.40. The maximum Gasteiger partial charge on any atom is 0.227 e. The highest BCUT2D eigenvalue weighted by atomic mass is 16.5. The predicted molar refractivity (Wildman–Crippen MR) is 85.6 cm³/mol. The van der Waals surface area contributed by atoms with Gasteiger partial charge in [-0.2, -0.15) is 4.98 Å². The molecule has 0 saturated heterocycles. The van der Waals surface area contributed by atoms with Gasteiger partial charge >= 0.3 is 0 Å². The van der Waals surface area contributed by atoms with E-state index in [1.54, 1.807) is 6.92 Å². The van der Waals surface area contributed by atoms with Gasteiger partial charge in [-0.15, -0.1) is 0 Å². The highest BCUT2D eigenvalue weighted by Crippen LogP contribution is 2.60. The van der Waals surface area contributed by atoms with Crippen molar-refractivity contribution in [2.45, 2.75) is 58.3 Å². The van der Waals surface area contributed by atoms with Crippen LogP contribution < -0.4 is 0 Å². The van der Waals surface area contributed by atoms with Gasteiger partial charge in [0.2, 0.25) is 11.8 Å². The zero-order valence-corrected chi connectivity index (χ0v) is 14.3. The average Bonchev–Trinajstić information content (AvgIpc) is 2.88. The molecule has 1 aromatic rings. The molecular formula is C18H27N3O2. The molecule has 4 bridgehead atoms. The molecule has 1 amide bonds. The van der Waals surface area contributed by atoms with Crippen LogP contribution in [0.25, 0.3) is 0 Å². The fourth-order valence-electron chi connectivity index (χ4n) is 5.92. The lowest BCUT2D eigenvalue weighted by molar-refractivity contribution is -0.135. The van der Waals surface area contributed by atoms with Crippen LogP contribution in [0.15, 0.2) is 4.52 Å². The van der Waals surface area contributed by atoms with E-state index in [4.69, 9.17) is 4.52 Å². The van der Waals surface area contributed by atoms with Crippen LogP contribution in [0.3, 0.4) is 0 Å². The molecule has 0 radical (unpaired) electrons. The van der Waals surface area contributed by atoms with Gasteiger partial charge in [0, 0.05) is 26.4 Å². The van der Waals surface area contributed by atoms with Crippen LogP contribution in [0.5, 0.6) is 0 Å². The van der Waals surface area contributed by atoms with Gasteiger partial charge in [0.25, 0.3) is 0 Å². The molecule has 5 rings (SSSR count). The number of aromatic nitrogens is 2. The third kappa shape index (κ3) is 3.02. The lowest BCUT2D eigenvalue weighted by atomic mass is 9.49. The standard InChI is InChI=1S/C18H27N3O2/c1-12-19-16(23-20-12)3-4-17(22)21(2)11-18-8-13-5-14(9-18)7-15(6-13)10-18/h13-15H,3-11H2,1-2H3. The van der Waals surface area contributed by atoms with Crippen molar-refractivity contribution in [1.82, 2.24) is 15.0 Å². The van der Waals surface area contributed by atoms with E-state index in [9.17, 15) is 4.79 Å². The number of nitrogens with zero attached hydrogens (tertiary/aromatic N) is 3. The number of rotatable bonds is 5. The third-order valence-corrected chi connectivity index (χ3v) is 6.29. The molecule has 1 heterocycles. The van der Waals surface area contributed by atoms with E-state index in [-0.39, 0.29) is 5.91 Å². The summed E-state index contributed by atoms with van der Waals surface area (Å²) in [5.41, 5.74) is 0.417. The van der Waals surface area contributed by atoms with E-state index >= 15 is 0 Å². The molecule has 126 valence electrons. The third-order valence-electron chi connectivity index (χ3n) is 6.29. The predicted octanol–water partition coefficient (Wildman–Crippen LogP) is 2.99. The Bertz CT molecular complexity index is 560. The minimum absolute atomic E-state index is 0.205. The summed E-state index contributed by atoms with van der Waals surface area (Å²) < 4.78 is 5.10. The Balaban J connectivity index is 1.34. The number of hydrogen-bond acceptors (Lipinski definition) is 4. The molecule has 0 atom stereocenters.